The standard InChI is InChI=1S/C13H17Cl2NO2/c1-3-9(2)16-7-10(17)8-18-11-4-5-12(14)13(15)6-11/h3-6,9-10,16-17H,1,7-8H2,2H3. The van der Waals surface area contributed by atoms with Crippen molar-refractivity contribution in [3.63, 3.8) is 0 Å². The summed E-state index contributed by atoms with van der Waals surface area (Å²) in [5.41, 5.74) is 0. The lowest BCUT2D eigenvalue weighted by Gasteiger charge is -2.15. The maximum atomic E-state index is 9.70. The highest BCUT2D eigenvalue weighted by Gasteiger charge is 2.07. The summed E-state index contributed by atoms with van der Waals surface area (Å²) in [6, 6.07) is 5.14. The Hall–Kier alpha value is -0.740. The first-order chi connectivity index (χ1) is 8.52. The lowest BCUT2D eigenvalue weighted by Crippen LogP contribution is -2.35. The fraction of sp³-hybridized carbons (Fsp3) is 0.385. The predicted molar refractivity (Wildman–Crippen MR) is 75.6 cm³/mol. The van der Waals surface area contributed by atoms with E-state index in [1.165, 1.54) is 0 Å². The Labute approximate surface area is 117 Å². The third kappa shape index (κ3) is 5.27. The number of benzene rings is 1. The van der Waals surface area contributed by atoms with Crippen molar-refractivity contribution in [3.8, 4) is 5.75 Å². The minimum absolute atomic E-state index is 0.157. The molecule has 0 bridgehead atoms. The van der Waals surface area contributed by atoms with Crippen LogP contribution in [0.2, 0.25) is 10.0 Å². The van der Waals surface area contributed by atoms with E-state index >= 15 is 0 Å². The van der Waals surface area contributed by atoms with E-state index in [0.29, 0.717) is 22.3 Å². The zero-order valence-corrected chi connectivity index (χ0v) is 11.7. The number of hydrogen-bond donors (Lipinski definition) is 2. The van der Waals surface area contributed by atoms with Gasteiger partial charge < -0.3 is 15.2 Å². The van der Waals surface area contributed by atoms with Crippen LogP contribution in [0.4, 0.5) is 0 Å². The second kappa shape index (κ2) is 7.64. The van der Waals surface area contributed by atoms with Gasteiger partial charge in [-0.25, -0.2) is 0 Å². The second-order valence-corrected chi connectivity index (χ2v) is 4.79. The van der Waals surface area contributed by atoms with Crippen LogP contribution in [0, 0.1) is 0 Å². The second-order valence-electron chi connectivity index (χ2n) is 3.97. The average molecular weight is 290 g/mol. The summed E-state index contributed by atoms with van der Waals surface area (Å²) in [5, 5.41) is 13.7. The van der Waals surface area contributed by atoms with Crippen LogP contribution >= 0.6 is 23.2 Å². The Morgan fingerprint density at radius 3 is 2.78 bits per heavy atom. The van der Waals surface area contributed by atoms with Gasteiger partial charge >= 0.3 is 0 Å². The maximum absolute atomic E-state index is 9.70. The lowest BCUT2D eigenvalue weighted by molar-refractivity contribution is 0.105. The van der Waals surface area contributed by atoms with Crippen LogP contribution in [0.1, 0.15) is 6.92 Å². The number of rotatable bonds is 7. The molecule has 100 valence electrons. The van der Waals surface area contributed by atoms with Gasteiger partial charge in [-0.3, -0.25) is 0 Å². The molecule has 0 fully saturated rings. The molecule has 1 aromatic carbocycles. The molecule has 18 heavy (non-hydrogen) atoms. The molecule has 0 saturated heterocycles. The normalized spacial score (nSPS) is 14.0. The van der Waals surface area contributed by atoms with Crippen LogP contribution < -0.4 is 10.1 Å². The smallest absolute Gasteiger partial charge is 0.121 e. The van der Waals surface area contributed by atoms with Crippen molar-refractivity contribution >= 4 is 23.2 Å². The lowest BCUT2D eigenvalue weighted by atomic mass is 10.3. The molecule has 0 saturated carbocycles. The predicted octanol–water partition coefficient (Wildman–Crippen LogP) is 2.90. The summed E-state index contributed by atoms with van der Waals surface area (Å²) in [7, 11) is 0. The zero-order valence-electron chi connectivity index (χ0n) is 10.2. The molecule has 0 aromatic heterocycles. The minimum atomic E-state index is -0.596. The maximum Gasteiger partial charge on any atom is 0.121 e. The Bertz CT molecular complexity index is 399. The first kappa shape index (κ1) is 15.3. The topological polar surface area (TPSA) is 41.5 Å². The van der Waals surface area contributed by atoms with Crippen molar-refractivity contribution in [2.45, 2.75) is 19.1 Å². The zero-order chi connectivity index (χ0) is 13.5. The van der Waals surface area contributed by atoms with Gasteiger partial charge in [0.15, 0.2) is 0 Å². The Balaban J connectivity index is 2.35. The van der Waals surface area contributed by atoms with E-state index in [4.69, 9.17) is 27.9 Å². The van der Waals surface area contributed by atoms with Gasteiger partial charge in [-0.2, -0.15) is 0 Å². The van der Waals surface area contributed by atoms with Crippen molar-refractivity contribution in [3.05, 3.63) is 40.9 Å². The summed E-state index contributed by atoms with van der Waals surface area (Å²) >= 11 is 11.6. The minimum Gasteiger partial charge on any atom is -0.491 e. The van der Waals surface area contributed by atoms with Crippen LogP contribution in [0.3, 0.4) is 0 Å². The highest BCUT2D eigenvalue weighted by Crippen LogP contribution is 2.26. The molecule has 0 aliphatic heterocycles. The SMILES string of the molecule is C=CC(C)NCC(O)COc1ccc(Cl)c(Cl)c1. The van der Waals surface area contributed by atoms with Gasteiger partial charge in [0, 0.05) is 18.7 Å². The Morgan fingerprint density at radius 2 is 2.17 bits per heavy atom. The molecule has 0 spiro atoms. The van der Waals surface area contributed by atoms with Gasteiger partial charge in [0.2, 0.25) is 0 Å². The average Bonchev–Trinajstić information content (AvgIpc) is 2.37. The van der Waals surface area contributed by atoms with E-state index in [-0.39, 0.29) is 12.6 Å². The number of aliphatic hydroxyl groups excluding tert-OH is 1. The molecular formula is C13H17Cl2NO2. The molecule has 2 atom stereocenters. The van der Waals surface area contributed by atoms with Crippen LogP contribution in [0.15, 0.2) is 30.9 Å². The van der Waals surface area contributed by atoms with Crippen LogP contribution in [-0.4, -0.2) is 30.4 Å². The van der Waals surface area contributed by atoms with E-state index in [1.807, 2.05) is 6.92 Å². The van der Waals surface area contributed by atoms with E-state index in [1.54, 1.807) is 24.3 Å². The number of halogens is 2. The van der Waals surface area contributed by atoms with Crippen molar-refractivity contribution < 1.29 is 9.84 Å². The number of ether oxygens (including phenoxy) is 1. The molecule has 5 heteroatoms. The molecule has 2 unspecified atom stereocenters. The molecule has 1 rings (SSSR count). The van der Waals surface area contributed by atoms with Crippen molar-refractivity contribution in [1.29, 1.82) is 0 Å². The number of nitrogens with one attached hydrogen (secondary N) is 1. The summed E-state index contributed by atoms with van der Waals surface area (Å²) in [5.74, 6) is 0.584. The van der Waals surface area contributed by atoms with Gasteiger partial charge in [0.25, 0.3) is 0 Å². The van der Waals surface area contributed by atoms with Crippen molar-refractivity contribution in [1.82, 2.24) is 5.32 Å². The highest BCUT2D eigenvalue weighted by atomic mass is 35.5. The molecule has 0 radical (unpaired) electrons. The molecule has 3 nitrogen and oxygen atoms in total. The van der Waals surface area contributed by atoms with E-state index in [9.17, 15) is 5.11 Å². The Morgan fingerprint density at radius 1 is 1.44 bits per heavy atom. The summed E-state index contributed by atoms with van der Waals surface area (Å²) in [4.78, 5) is 0. The highest BCUT2D eigenvalue weighted by molar-refractivity contribution is 6.42. The third-order valence-corrected chi connectivity index (χ3v) is 3.10. The molecule has 2 N–H and O–H groups in total. The van der Waals surface area contributed by atoms with Gasteiger partial charge in [-0.05, 0) is 19.1 Å². The van der Waals surface area contributed by atoms with Crippen LogP contribution in [0.25, 0.3) is 0 Å². The Kier molecular flexibility index (Phi) is 6.50. The van der Waals surface area contributed by atoms with E-state index in [0.717, 1.165) is 0 Å². The van der Waals surface area contributed by atoms with E-state index < -0.39 is 6.10 Å². The van der Waals surface area contributed by atoms with Crippen LogP contribution in [-0.2, 0) is 0 Å². The molecular weight excluding hydrogens is 273 g/mol. The first-order valence-electron chi connectivity index (χ1n) is 5.64. The summed E-state index contributed by atoms with van der Waals surface area (Å²) in [6.45, 7) is 6.23. The fourth-order valence-corrected chi connectivity index (χ4v) is 1.51. The molecule has 0 aliphatic carbocycles. The summed E-state index contributed by atoms with van der Waals surface area (Å²) in [6.07, 6.45) is 1.17. The quantitative estimate of drug-likeness (QED) is 0.759. The monoisotopic (exact) mass is 289 g/mol. The fourth-order valence-electron chi connectivity index (χ4n) is 1.22. The van der Waals surface area contributed by atoms with E-state index in [2.05, 4.69) is 11.9 Å². The van der Waals surface area contributed by atoms with Crippen molar-refractivity contribution in [2.24, 2.45) is 0 Å². The van der Waals surface area contributed by atoms with Gasteiger partial charge in [0.05, 0.1) is 10.0 Å². The first-order valence-corrected chi connectivity index (χ1v) is 6.40. The largest absolute Gasteiger partial charge is 0.491 e. The number of aliphatic hydroxyl groups is 1. The molecule has 0 aliphatic rings. The van der Waals surface area contributed by atoms with Crippen LogP contribution in [0.5, 0.6) is 5.75 Å². The summed E-state index contributed by atoms with van der Waals surface area (Å²) < 4.78 is 5.41. The van der Waals surface area contributed by atoms with Gasteiger partial charge in [-0.15, -0.1) is 6.58 Å². The van der Waals surface area contributed by atoms with Crippen molar-refractivity contribution in [2.75, 3.05) is 13.2 Å². The van der Waals surface area contributed by atoms with Gasteiger partial charge in [0.1, 0.15) is 18.5 Å². The third-order valence-electron chi connectivity index (χ3n) is 2.36. The van der Waals surface area contributed by atoms with Gasteiger partial charge in [-0.1, -0.05) is 29.3 Å². The molecule has 1 aromatic rings. The number of hydrogen-bond acceptors (Lipinski definition) is 3. The molecule has 0 amide bonds. The molecule has 0 heterocycles.